The molecule has 10 nitrogen and oxygen atoms in total. The average Bonchev–Trinajstić information content (AvgIpc) is 3.02. The van der Waals surface area contributed by atoms with Crippen molar-refractivity contribution in [1.29, 1.82) is 0 Å². The monoisotopic (exact) mass is 640 g/mol. The number of hydroxylamine groups is 2. The summed E-state index contributed by atoms with van der Waals surface area (Å²) >= 11 is 0. The number of carbonyl (C=O) groups excluding carboxylic acids is 2. The lowest BCUT2D eigenvalue weighted by Gasteiger charge is -2.37. The molecule has 2 aromatic rings. The van der Waals surface area contributed by atoms with Crippen molar-refractivity contribution in [3.8, 4) is 0 Å². The third-order valence-corrected chi connectivity index (χ3v) is 10.9. The Balaban J connectivity index is 1.05. The van der Waals surface area contributed by atoms with Crippen LogP contribution >= 0.6 is 0 Å². The largest absolute Gasteiger partial charge is 0.444 e. The highest BCUT2D eigenvalue weighted by atomic mass is 32.2. The zero-order valence-electron chi connectivity index (χ0n) is 26.8. The lowest BCUT2D eigenvalue weighted by molar-refractivity contribution is -0.127. The van der Waals surface area contributed by atoms with Gasteiger partial charge in [0, 0.05) is 38.8 Å². The van der Waals surface area contributed by atoms with E-state index in [0.29, 0.717) is 48.2 Å². The van der Waals surface area contributed by atoms with E-state index in [-0.39, 0.29) is 12.0 Å². The second kappa shape index (κ2) is 14.6. The Bertz CT molecular complexity index is 1390. The summed E-state index contributed by atoms with van der Waals surface area (Å²) in [6, 6.07) is 16.5. The van der Waals surface area contributed by atoms with Crippen molar-refractivity contribution < 1.29 is 27.6 Å². The van der Waals surface area contributed by atoms with Gasteiger partial charge in [-0.25, -0.2) is 18.0 Å². The first-order valence-corrected chi connectivity index (χ1v) is 17.7. The van der Waals surface area contributed by atoms with Gasteiger partial charge in [0.05, 0.1) is 10.5 Å². The molecule has 0 bridgehead atoms. The second-order valence-electron chi connectivity index (χ2n) is 13.6. The van der Waals surface area contributed by atoms with Crippen LogP contribution in [0.25, 0.3) is 0 Å². The minimum atomic E-state index is -3.62. The van der Waals surface area contributed by atoms with Crippen LogP contribution in [0.1, 0.15) is 81.1 Å². The van der Waals surface area contributed by atoms with E-state index in [4.69, 9.17) is 9.57 Å². The molecule has 3 heterocycles. The third kappa shape index (κ3) is 9.28. The number of rotatable bonds is 8. The molecule has 0 aromatic heterocycles. The minimum absolute atomic E-state index is 0.104. The molecule has 11 heteroatoms. The fourth-order valence-corrected chi connectivity index (χ4v) is 8.06. The molecule has 3 aliphatic heterocycles. The number of carbonyl (C=O) groups is 2. The van der Waals surface area contributed by atoms with Gasteiger partial charge < -0.3 is 19.8 Å². The van der Waals surface area contributed by atoms with E-state index in [2.05, 4.69) is 16.3 Å². The van der Waals surface area contributed by atoms with Crippen LogP contribution in [0.15, 0.2) is 59.5 Å². The van der Waals surface area contributed by atoms with Gasteiger partial charge in [-0.1, -0.05) is 30.3 Å². The number of nitrogens with one attached hydrogen (secondary N) is 1. The van der Waals surface area contributed by atoms with Crippen LogP contribution in [-0.4, -0.2) is 92.2 Å². The number of amides is 1. The van der Waals surface area contributed by atoms with Crippen LogP contribution in [0.3, 0.4) is 0 Å². The maximum atomic E-state index is 13.5. The second-order valence-corrected chi connectivity index (χ2v) is 15.5. The quantitative estimate of drug-likeness (QED) is 0.428. The Morgan fingerprint density at radius 2 is 1.51 bits per heavy atom. The first kappa shape index (κ1) is 33.4. The third-order valence-electron chi connectivity index (χ3n) is 9.04. The van der Waals surface area contributed by atoms with Gasteiger partial charge in [-0.3, -0.25) is 0 Å². The summed E-state index contributed by atoms with van der Waals surface area (Å²) in [5.41, 5.74) is 1.08. The molecule has 2 aromatic carbocycles. The van der Waals surface area contributed by atoms with E-state index in [1.54, 1.807) is 23.3 Å². The number of hydrogen-bond acceptors (Lipinski definition) is 8. The molecule has 0 unspecified atom stereocenters. The average molecular weight is 641 g/mol. The number of sulfonamides is 1. The minimum Gasteiger partial charge on any atom is -0.444 e. The Morgan fingerprint density at radius 1 is 0.844 bits per heavy atom. The van der Waals surface area contributed by atoms with Gasteiger partial charge in [0.25, 0.3) is 0 Å². The van der Waals surface area contributed by atoms with E-state index < -0.39 is 21.7 Å². The van der Waals surface area contributed by atoms with Crippen LogP contribution in [0.2, 0.25) is 0 Å². The number of hydrogen-bond donors (Lipinski definition) is 1. The summed E-state index contributed by atoms with van der Waals surface area (Å²) in [4.78, 5) is 33.0. The van der Waals surface area contributed by atoms with Crippen LogP contribution < -0.4 is 5.32 Å². The van der Waals surface area contributed by atoms with Crippen molar-refractivity contribution in [2.75, 3.05) is 45.8 Å². The lowest BCUT2D eigenvalue weighted by atomic mass is 9.88. The van der Waals surface area contributed by atoms with Crippen molar-refractivity contribution in [1.82, 2.24) is 19.6 Å². The highest BCUT2D eigenvalue weighted by Crippen LogP contribution is 2.32. The van der Waals surface area contributed by atoms with Gasteiger partial charge in [-0.15, -0.1) is 5.06 Å². The molecule has 45 heavy (non-hydrogen) atoms. The van der Waals surface area contributed by atoms with E-state index in [1.165, 1.54) is 4.31 Å². The number of piperidine rings is 3. The molecule has 1 N–H and O–H groups in total. The zero-order valence-corrected chi connectivity index (χ0v) is 27.6. The number of nitrogens with zero attached hydrogens (tertiary/aromatic N) is 3. The van der Waals surface area contributed by atoms with Gasteiger partial charge in [0.2, 0.25) is 10.0 Å². The topological polar surface area (TPSA) is 108 Å². The molecule has 246 valence electrons. The van der Waals surface area contributed by atoms with Gasteiger partial charge >= 0.3 is 12.1 Å². The predicted octanol–water partition coefficient (Wildman–Crippen LogP) is 5.03. The van der Waals surface area contributed by atoms with Crippen LogP contribution in [0.4, 0.5) is 4.79 Å². The van der Waals surface area contributed by atoms with Crippen molar-refractivity contribution in [3.05, 3.63) is 65.7 Å². The Morgan fingerprint density at radius 3 is 2.16 bits per heavy atom. The lowest BCUT2D eigenvalue weighted by Crippen LogP contribution is -2.47. The molecule has 3 aliphatic rings. The van der Waals surface area contributed by atoms with Gasteiger partial charge in [-0.2, -0.15) is 4.31 Å². The summed E-state index contributed by atoms with van der Waals surface area (Å²) < 4.78 is 34.0. The summed E-state index contributed by atoms with van der Waals surface area (Å²) in [7, 11) is -3.62. The fourth-order valence-electron chi connectivity index (χ4n) is 6.53. The summed E-state index contributed by atoms with van der Waals surface area (Å²) in [5, 5.41) is 4.67. The summed E-state index contributed by atoms with van der Waals surface area (Å²) in [6.07, 6.45) is 4.63. The molecular weight excluding hydrogens is 592 g/mol. The maximum absolute atomic E-state index is 13.5. The van der Waals surface area contributed by atoms with Gasteiger partial charge in [-0.05, 0) is 114 Å². The molecule has 0 spiro atoms. The predicted molar refractivity (Wildman–Crippen MR) is 172 cm³/mol. The molecule has 0 saturated carbocycles. The van der Waals surface area contributed by atoms with Crippen molar-refractivity contribution in [3.63, 3.8) is 0 Å². The van der Waals surface area contributed by atoms with Crippen LogP contribution in [0, 0.1) is 5.92 Å². The van der Waals surface area contributed by atoms with Crippen molar-refractivity contribution in [2.45, 2.75) is 81.8 Å². The van der Waals surface area contributed by atoms with E-state index in [1.807, 2.05) is 51.1 Å². The molecular formula is C34H48N4O6S. The highest BCUT2D eigenvalue weighted by molar-refractivity contribution is 7.89. The standard InChI is InChI=1S/C34H48N4O6S/c1-34(2,3)43-33(40)35-30-16-22-38(23-17-30)45(41,42)31-11-7-10-29(24-31)27-14-18-36(19-15-27)25-26-12-20-37(21-13-26)44-32(39)28-8-5-4-6-9-28/h4-11,24,26-27,30H,12-23,25H2,1-3H3,(H,35,40). The van der Waals surface area contributed by atoms with E-state index in [9.17, 15) is 18.0 Å². The van der Waals surface area contributed by atoms with Crippen LogP contribution in [0.5, 0.6) is 0 Å². The van der Waals surface area contributed by atoms with E-state index in [0.717, 1.165) is 64.0 Å². The molecule has 0 aliphatic carbocycles. The SMILES string of the molecule is CC(C)(C)OC(=O)NC1CCN(S(=O)(=O)c2cccc(C3CCN(CC4CCN(OC(=O)c5ccccc5)CC4)CC3)c2)CC1. The zero-order chi connectivity index (χ0) is 32.0. The Hall–Kier alpha value is -2.99. The molecule has 1 amide bonds. The first-order valence-electron chi connectivity index (χ1n) is 16.3. The highest BCUT2D eigenvalue weighted by Gasteiger charge is 2.32. The molecule has 0 radical (unpaired) electrons. The normalized spacial score (nSPS) is 20.5. The molecule has 3 saturated heterocycles. The first-order chi connectivity index (χ1) is 21.5. The number of likely N-dealkylation sites (tertiary alicyclic amines) is 1. The molecule has 5 rings (SSSR count). The van der Waals surface area contributed by atoms with Gasteiger partial charge in [0.15, 0.2) is 0 Å². The summed E-state index contributed by atoms with van der Waals surface area (Å²) in [5.74, 6) is 0.606. The maximum Gasteiger partial charge on any atom is 0.407 e. The molecule has 0 atom stereocenters. The van der Waals surface area contributed by atoms with Crippen molar-refractivity contribution >= 4 is 22.1 Å². The number of benzene rings is 2. The molecule has 3 fully saturated rings. The van der Waals surface area contributed by atoms with Crippen molar-refractivity contribution in [2.24, 2.45) is 5.92 Å². The van der Waals surface area contributed by atoms with E-state index >= 15 is 0 Å². The Labute approximate surface area is 268 Å². The number of alkyl carbamates (subject to hydrolysis) is 1. The van der Waals surface area contributed by atoms with Crippen LogP contribution in [-0.2, 0) is 19.6 Å². The Kier molecular flexibility index (Phi) is 10.8. The fraction of sp³-hybridized carbons (Fsp3) is 0.588. The summed E-state index contributed by atoms with van der Waals surface area (Å²) in [6.45, 7) is 10.7. The smallest absolute Gasteiger partial charge is 0.407 e. The number of ether oxygens (including phenoxy) is 1. The van der Waals surface area contributed by atoms with Gasteiger partial charge in [0.1, 0.15) is 5.60 Å².